The van der Waals surface area contributed by atoms with E-state index >= 15 is 0 Å². The van der Waals surface area contributed by atoms with Crippen LogP contribution in [0.25, 0.3) is 0 Å². The van der Waals surface area contributed by atoms with Crippen molar-refractivity contribution < 1.29 is 9.90 Å². The number of carbonyl (C=O) groups is 1. The zero-order valence-corrected chi connectivity index (χ0v) is 14.2. The Hall–Kier alpha value is -0.610. The molecule has 0 aromatic carbocycles. The van der Waals surface area contributed by atoms with Crippen LogP contribution >= 0.6 is 0 Å². The first-order valence-electron chi connectivity index (χ1n) is 9.81. The van der Waals surface area contributed by atoms with E-state index < -0.39 is 0 Å². The second-order valence-electron chi connectivity index (χ2n) is 9.26. The first kappa shape index (κ1) is 14.7. The summed E-state index contributed by atoms with van der Waals surface area (Å²) in [5, 5.41) is 13.7. The summed E-state index contributed by atoms with van der Waals surface area (Å²) in [6.45, 7) is 3.73. The quantitative estimate of drug-likeness (QED) is 0.828. The third kappa shape index (κ3) is 2.21. The lowest BCUT2D eigenvalue weighted by atomic mass is 9.84. The van der Waals surface area contributed by atoms with Gasteiger partial charge in [0.15, 0.2) is 0 Å². The van der Waals surface area contributed by atoms with Gasteiger partial charge in [0, 0.05) is 18.6 Å². The van der Waals surface area contributed by atoms with Gasteiger partial charge in [-0.2, -0.15) is 0 Å². The molecule has 4 saturated carbocycles. The highest BCUT2D eigenvalue weighted by molar-refractivity contribution is 5.78. The van der Waals surface area contributed by atoms with Crippen molar-refractivity contribution in [2.24, 2.45) is 35.5 Å². The van der Waals surface area contributed by atoms with Crippen molar-refractivity contribution in [3.8, 4) is 0 Å². The molecule has 1 aliphatic heterocycles. The van der Waals surface area contributed by atoms with Gasteiger partial charge in [0.05, 0.1) is 12.6 Å². The minimum Gasteiger partial charge on any atom is -0.391 e. The van der Waals surface area contributed by atoms with E-state index in [0.29, 0.717) is 30.3 Å². The number of fused-ring (bicyclic) bond motifs is 3. The van der Waals surface area contributed by atoms with Crippen molar-refractivity contribution in [3.63, 3.8) is 0 Å². The standard InChI is InChI=1S/C19H30N2O2/c1-10(15-5-11-2-3-12(15)4-11)20-17(22)9-21-8-14-6-13-7-16(14)18(21)19(13)23/h10-16,18-19,23H,2-9H2,1H3,(H,20,22). The summed E-state index contributed by atoms with van der Waals surface area (Å²) in [6, 6.07) is 0.584. The molecule has 4 nitrogen and oxygen atoms in total. The van der Waals surface area contributed by atoms with E-state index in [0.717, 1.165) is 24.3 Å². The molecular formula is C19H30N2O2. The molecule has 128 valence electrons. The number of hydrogen-bond donors (Lipinski definition) is 2. The summed E-state index contributed by atoms with van der Waals surface area (Å²) in [7, 11) is 0. The molecule has 2 N–H and O–H groups in total. The maximum Gasteiger partial charge on any atom is 0.234 e. The maximum atomic E-state index is 12.6. The lowest BCUT2D eigenvalue weighted by Gasteiger charge is -2.31. The van der Waals surface area contributed by atoms with Gasteiger partial charge in [-0.1, -0.05) is 6.42 Å². The Kier molecular flexibility index (Phi) is 3.32. The molecule has 0 spiro atoms. The van der Waals surface area contributed by atoms with Crippen molar-refractivity contribution >= 4 is 5.91 Å². The Balaban J connectivity index is 1.18. The fourth-order valence-electron chi connectivity index (χ4n) is 7.22. The van der Waals surface area contributed by atoms with Gasteiger partial charge in [-0.25, -0.2) is 0 Å². The van der Waals surface area contributed by atoms with Gasteiger partial charge >= 0.3 is 0 Å². The Bertz CT molecular complexity index is 508. The lowest BCUT2D eigenvalue weighted by Crippen LogP contribution is -2.48. The van der Waals surface area contributed by atoms with Gasteiger partial charge in [0.25, 0.3) is 0 Å². The second-order valence-corrected chi connectivity index (χ2v) is 9.26. The number of aliphatic hydroxyl groups is 1. The van der Waals surface area contributed by atoms with E-state index in [1.54, 1.807) is 0 Å². The fourth-order valence-corrected chi connectivity index (χ4v) is 7.22. The summed E-state index contributed by atoms with van der Waals surface area (Å²) in [4.78, 5) is 14.8. The number of rotatable bonds is 4. The SMILES string of the molecule is CC(NC(=O)CN1CC2CC3CC2C1C3O)C1CC2CCC1C2. The molecular weight excluding hydrogens is 288 g/mol. The first-order valence-corrected chi connectivity index (χ1v) is 9.81. The molecule has 9 atom stereocenters. The van der Waals surface area contributed by atoms with Gasteiger partial charge in [-0.3, -0.25) is 9.69 Å². The van der Waals surface area contributed by atoms with Gasteiger partial charge in [0.1, 0.15) is 0 Å². The highest BCUT2D eigenvalue weighted by Gasteiger charge is 2.58. The van der Waals surface area contributed by atoms with Crippen molar-refractivity contribution in [2.75, 3.05) is 13.1 Å². The van der Waals surface area contributed by atoms with Crippen LogP contribution in [0.5, 0.6) is 0 Å². The Morgan fingerprint density at radius 3 is 2.74 bits per heavy atom. The highest BCUT2D eigenvalue weighted by atomic mass is 16.3. The lowest BCUT2D eigenvalue weighted by molar-refractivity contribution is -0.124. The van der Waals surface area contributed by atoms with E-state index in [1.807, 2.05) is 0 Å². The minimum absolute atomic E-state index is 0.178. The van der Waals surface area contributed by atoms with E-state index in [2.05, 4.69) is 17.1 Å². The average Bonchev–Trinajstić information content (AvgIpc) is 3.27. The molecule has 4 aliphatic carbocycles. The second kappa shape index (κ2) is 5.19. The number of likely N-dealkylation sites (tertiary alicyclic amines) is 1. The molecule has 1 heterocycles. The van der Waals surface area contributed by atoms with Crippen LogP contribution in [0.4, 0.5) is 0 Å². The predicted molar refractivity (Wildman–Crippen MR) is 87.6 cm³/mol. The van der Waals surface area contributed by atoms with Crippen LogP contribution in [0.15, 0.2) is 0 Å². The number of amides is 1. The molecule has 0 aromatic heterocycles. The number of nitrogens with zero attached hydrogens (tertiary/aromatic N) is 1. The fraction of sp³-hybridized carbons (Fsp3) is 0.947. The van der Waals surface area contributed by atoms with Crippen molar-refractivity contribution in [1.29, 1.82) is 0 Å². The molecule has 23 heavy (non-hydrogen) atoms. The molecule has 1 amide bonds. The van der Waals surface area contributed by atoms with Crippen LogP contribution in [0.1, 0.15) is 45.4 Å². The van der Waals surface area contributed by atoms with Crippen LogP contribution in [0.2, 0.25) is 0 Å². The maximum absolute atomic E-state index is 12.6. The number of hydrogen-bond acceptors (Lipinski definition) is 3. The topological polar surface area (TPSA) is 52.6 Å². The van der Waals surface area contributed by atoms with Crippen molar-refractivity contribution in [1.82, 2.24) is 10.2 Å². The molecule has 5 rings (SSSR count). The van der Waals surface area contributed by atoms with Crippen LogP contribution in [-0.2, 0) is 4.79 Å². The van der Waals surface area contributed by atoms with Crippen LogP contribution in [0, 0.1) is 35.5 Å². The van der Waals surface area contributed by atoms with Gasteiger partial charge in [0.2, 0.25) is 5.91 Å². The molecule has 0 radical (unpaired) electrons. The van der Waals surface area contributed by atoms with Crippen LogP contribution in [0.3, 0.4) is 0 Å². The molecule has 0 aromatic rings. The summed E-state index contributed by atoms with van der Waals surface area (Å²) in [5.41, 5.74) is 0. The van der Waals surface area contributed by atoms with Crippen molar-refractivity contribution in [3.05, 3.63) is 0 Å². The van der Waals surface area contributed by atoms with E-state index in [-0.39, 0.29) is 18.1 Å². The molecule has 4 bridgehead atoms. The number of nitrogens with one attached hydrogen (secondary N) is 1. The zero-order valence-electron chi connectivity index (χ0n) is 14.2. The Morgan fingerprint density at radius 2 is 2.04 bits per heavy atom. The third-order valence-electron chi connectivity index (χ3n) is 8.12. The molecule has 4 heteroatoms. The summed E-state index contributed by atoms with van der Waals surface area (Å²) in [6.07, 6.45) is 7.70. The summed E-state index contributed by atoms with van der Waals surface area (Å²) >= 11 is 0. The summed E-state index contributed by atoms with van der Waals surface area (Å²) < 4.78 is 0. The van der Waals surface area contributed by atoms with E-state index in [4.69, 9.17) is 0 Å². The molecule has 9 unspecified atom stereocenters. The van der Waals surface area contributed by atoms with E-state index in [9.17, 15) is 9.90 Å². The van der Waals surface area contributed by atoms with E-state index in [1.165, 1.54) is 38.5 Å². The molecule has 1 saturated heterocycles. The van der Waals surface area contributed by atoms with Crippen LogP contribution in [-0.4, -0.2) is 47.2 Å². The van der Waals surface area contributed by atoms with Crippen molar-refractivity contribution in [2.45, 2.75) is 63.6 Å². The Labute approximate surface area is 139 Å². The summed E-state index contributed by atoms with van der Waals surface area (Å²) in [5.74, 6) is 4.58. The number of aliphatic hydroxyl groups excluding tert-OH is 1. The predicted octanol–water partition coefficient (Wildman–Crippen LogP) is 1.63. The number of carbonyl (C=O) groups excluding carboxylic acids is 1. The van der Waals surface area contributed by atoms with Gasteiger partial charge < -0.3 is 10.4 Å². The normalized spacial score (nSPS) is 51.6. The van der Waals surface area contributed by atoms with Gasteiger partial charge in [-0.15, -0.1) is 0 Å². The largest absolute Gasteiger partial charge is 0.391 e. The van der Waals surface area contributed by atoms with Gasteiger partial charge in [-0.05, 0) is 74.5 Å². The molecule has 5 aliphatic rings. The Morgan fingerprint density at radius 1 is 1.17 bits per heavy atom. The minimum atomic E-state index is -0.186. The van der Waals surface area contributed by atoms with Crippen LogP contribution < -0.4 is 5.32 Å². The average molecular weight is 318 g/mol. The zero-order chi connectivity index (χ0) is 15.7. The first-order chi connectivity index (χ1) is 11.1. The smallest absolute Gasteiger partial charge is 0.234 e. The molecule has 5 fully saturated rings. The highest BCUT2D eigenvalue weighted by Crippen LogP contribution is 2.54. The third-order valence-corrected chi connectivity index (χ3v) is 8.12. The monoisotopic (exact) mass is 318 g/mol.